The van der Waals surface area contributed by atoms with Crippen LogP contribution in [0.5, 0.6) is 5.75 Å². The number of benzene rings is 3. The van der Waals surface area contributed by atoms with Gasteiger partial charge in [-0.3, -0.25) is 0 Å². The summed E-state index contributed by atoms with van der Waals surface area (Å²) in [5.41, 5.74) is 7.07. The summed E-state index contributed by atoms with van der Waals surface area (Å²) < 4.78 is 7.91. The molecule has 0 bridgehead atoms. The van der Waals surface area contributed by atoms with Crippen molar-refractivity contribution in [2.24, 2.45) is 5.92 Å². The summed E-state index contributed by atoms with van der Waals surface area (Å²) in [5.74, 6) is 2.44. The Labute approximate surface area is 228 Å². The van der Waals surface area contributed by atoms with Gasteiger partial charge < -0.3 is 4.74 Å². The normalized spacial score (nSPS) is 15.9. The van der Waals surface area contributed by atoms with Gasteiger partial charge in [0.25, 0.3) is 0 Å². The van der Waals surface area contributed by atoms with Gasteiger partial charge in [-0.05, 0) is 23.8 Å². The number of rotatable bonds is 7. The predicted octanol–water partition coefficient (Wildman–Crippen LogP) is 9.13. The number of para-hydroxylation sites is 1. The van der Waals surface area contributed by atoms with E-state index in [-0.39, 0.29) is 25.1 Å². The van der Waals surface area contributed by atoms with Gasteiger partial charge in [0, 0.05) is 5.56 Å². The summed E-state index contributed by atoms with van der Waals surface area (Å²) in [6.07, 6.45) is 6.08. The first-order valence-electron chi connectivity index (χ1n) is 12.7. The molecule has 1 aliphatic rings. The van der Waals surface area contributed by atoms with Gasteiger partial charge in [-0.2, -0.15) is 0 Å². The van der Waals surface area contributed by atoms with Gasteiger partial charge in [0.2, 0.25) is 0 Å². The van der Waals surface area contributed by atoms with E-state index < -0.39 is 0 Å². The van der Waals surface area contributed by atoms with Gasteiger partial charge in [0.15, 0.2) is 0 Å². The van der Waals surface area contributed by atoms with Crippen LogP contribution in [0.1, 0.15) is 38.8 Å². The third-order valence-electron chi connectivity index (χ3n) is 6.45. The van der Waals surface area contributed by atoms with Gasteiger partial charge in [-0.15, -0.1) is 0 Å². The van der Waals surface area contributed by atoms with Crippen molar-refractivity contribution in [3.63, 3.8) is 0 Å². The zero-order chi connectivity index (χ0) is 25.9. The fourth-order valence-corrected chi connectivity index (χ4v) is 10.9. The van der Waals surface area contributed by atoms with E-state index in [2.05, 4.69) is 59.0 Å². The van der Waals surface area contributed by atoms with Gasteiger partial charge in [-0.25, -0.2) is 0 Å². The van der Waals surface area contributed by atoms with Gasteiger partial charge in [0.05, 0.1) is 0 Å². The monoisotopic (exact) mass is 526 g/mol. The minimum absolute atomic E-state index is 0.267. The van der Waals surface area contributed by atoms with Crippen molar-refractivity contribution in [2.45, 2.75) is 40.8 Å². The maximum absolute atomic E-state index is 6.05. The zero-order valence-electron chi connectivity index (χ0n) is 22.5. The molecule has 0 saturated heterocycles. The average Bonchev–Trinajstić information content (AvgIpc) is 3.08. The summed E-state index contributed by atoms with van der Waals surface area (Å²) in [7, 11) is 0. The molecule has 36 heavy (non-hydrogen) atoms. The molecule has 0 N–H and O–H groups in total. The predicted molar refractivity (Wildman–Crippen MR) is 156 cm³/mol. The Morgan fingerprint density at radius 1 is 0.778 bits per heavy atom. The van der Waals surface area contributed by atoms with Crippen molar-refractivity contribution in [3.8, 4) is 5.75 Å². The Bertz CT molecular complexity index is 1220. The van der Waals surface area contributed by atoms with E-state index in [0.717, 1.165) is 28.6 Å². The Balaban J connectivity index is 0.000000236. The fraction of sp³-hybridized carbons (Fsp3) is 0.212. The van der Waals surface area contributed by atoms with E-state index in [1.165, 1.54) is 0 Å². The molecule has 0 aromatic heterocycles. The molecule has 0 radical (unpaired) electrons. The molecule has 1 aliphatic carbocycles. The third-order valence-corrected chi connectivity index (χ3v) is 12.8. The van der Waals surface area contributed by atoms with Gasteiger partial charge in [0.1, 0.15) is 11.5 Å². The zero-order valence-corrected chi connectivity index (χ0v) is 25.2. The van der Waals surface area contributed by atoms with E-state index in [1.807, 2.05) is 94.9 Å². The summed E-state index contributed by atoms with van der Waals surface area (Å²) in [6, 6.07) is 30.2. The molecule has 0 spiro atoms. The maximum atomic E-state index is 6.05. The van der Waals surface area contributed by atoms with Crippen molar-refractivity contribution >= 4 is 18.5 Å². The van der Waals surface area contributed by atoms with Crippen molar-refractivity contribution in [1.29, 1.82) is 0 Å². The van der Waals surface area contributed by atoms with Crippen LogP contribution in [0.3, 0.4) is 0 Å². The number of allylic oxidation sites excluding steroid dienone is 6. The summed E-state index contributed by atoms with van der Waals surface area (Å²) in [4.78, 5) is 0. The Morgan fingerprint density at radius 2 is 1.33 bits per heavy atom. The topological polar surface area (TPSA) is 9.23 Å². The summed E-state index contributed by atoms with van der Waals surface area (Å²) in [6.45, 7) is 14.0. The van der Waals surface area contributed by atoms with Gasteiger partial charge in [-0.1, -0.05) is 91.0 Å². The first-order chi connectivity index (χ1) is 17.4. The molecule has 4 rings (SSSR count). The summed E-state index contributed by atoms with van der Waals surface area (Å²) >= 11 is 0.267. The average molecular weight is 527 g/mol. The minimum atomic E-state index is -0.315. The molecular formula is C33H38OSiTi. The molecule has 0 aliphatic heterocycles. The second-order valence-corrected chi connectivity index (χ2v) is 19.7. The van der Waals surface area contributed by atoms with E-state index in [0.29, 0.717) is 0 Å². The van der Waals surface area contributed by atoms with Crippen LogP contribution in [0, 0.1) is 5.92 Å². The van der Waals surface area contributed by atoms with Crippen LogP contribution < -0.4 is 4.74 Å². The molecule has 1 atom stereocenters. The number of hydrogen-bond acceptors (Lipinski definition) is 1. The molecule has 3 aromatic carbocycles. The molecule has 184 valence electrons. The standard InChI is InChI=1S/C22H18O.C9H13.C2H7Si.Ti/c1-4-11-19(12-5-1)13-10-18-22(20-14-6-2-7-15-20)23-21-16-8-3-9-17-21;1-6-5-7(2)9(4)8(6)3;1-3-2;/h1-18H;6H,1-4H3;3H,1-2H3;. The van der Waals surface area contributed by atoms with Crippen LogP contribution in [-0.4, -0.2) is 6.66 Å². The molecular weight excluding hydrogens is 488 g/mol. The van der Waals surface area contributed by atoms with Crippen molar-refractivity contribution in [2.75, 3.05) is 0 Å². The van der Waals surface area contributed by atoms with E-state index in [4.69, 9.17) is 4.74 Å². The van der Waals surface area contributed by atoms with E-state index >= 15 is 0 Å². The van der Waals surface area contributed by atoms with Crippen molar-refractivity contribution in [1.82, 2.24) is 0 Å². The van der Waals surface area contributed by atoms with E-state index in [9.17, 15) is 0 Å². The Hall–Kier alpha value is -2.65. The summed E-state index contributed by atoms with van der Waals surface area (Å²) in [5, 5.41) is 0. The first kappa shape index (κ1) is 27.9. The van der Waals surface area contributed by atoms with Crippen molar-refractivity contribution in [3.05, 3.63) is 135 Å². The molecule has 3 aromatic rings. The molecule has 1 unspecified atom stereocenters. The quantitative estimate of drug-likeness (QED) is 0.169. The Kier molecular flexibility index (Phi) is 11.0. The molecule has 0 heterocycles. The second kappa shape index (κ2) is 14.2. The molecule has 0 amide bonds. The number of ether oxygens (including phenoxy) is 1. The van der Waals surface area contributed by atoms with Crippen LogP contribution in [0.4, 0.5) is 0 Å². The van der Waals surface area contributed by atoms with Crippen LogP contribution in [0.2, 0.25) is 13.1 Å². The van der Waals surface area contributed by atoms with Crippen LogP contribution >= 0.6 is 0 Å². The SMILES string of the molecule is C(=Cc1ccccc1)C=C(Oc1ccccc1)c1ccccc1.CC1=C(C)C(C)[C]([Ti][SiH](C)C)=C1C. The number of hydrogen-bond donors (Lipinski definition) is 0. The molecule has 0 saturated carbocycles. The van der Waals surface area contributed by atoms with Crippen molar-refractivity contribution < 1.29 is 23.1 Å². The van der Waals surface area contributed by atoms with Crippen LogP contribution in [0.25, 0.3) is 11.8 Å². The fourth-order valence-electron chi connectivity index (χ4n) is 4.13. The van der Waals surface area contributed by atoms with E-state index in [1.54, 1.807) is 16.7 Å². The molecule has 3 heteroatoms. The van der Waals surface area contributed by atoms with Gasteiger partial charge >= 0.3 is 92.4 Å². The van der Waals surface area contributed by atoms with Crippen LogP contribution in [0.15, 0.2) is 124 Å². The Morgan fingerprint density at radius 3 is 1.86 bits per heavy atom. The van der Waals surface area contributed by atoms with Crippen LogP contribution in [-0.2, 0) is 18.4 Å². The molecule has 1 nitrogen and oxygen atoms in total. The first-order valence-corrected chi connectivity index (χ1v) is 19.1. The second-order valence-electron chi connectivity index (χ2n) is 9.45. The third kappa shape index (κ3) is 8.20. The molecule has 0 fully saturated rings.